The largest absolute Gasteiger partial charge is 0.458 e. The van der Waals surface area contributed by atoms with Gasteiger partial charge in [0.25, 0.3) is 13.4 Å². The number of anilines is 15. The second-order valence-electron chi connectivity index (χ2n) is 24.7. The Morgan fingerprint density at radius 3 is 1.31 bits per heavy atom. The number of hydrogen-bond donors (Lipinski definition) is 0. The van der Waals surface area contributed by atoms with E-state index < -0.39 is 0 Å². The Hall–Kier alpha value is -11.6. The molecule has 438 valence electrons. The normalized spacial score (nSPS) is 13.1. The highest BCUT2D eigenvalue weighted by atomic mass is 32.1. The average Bonchev–Trinajstić information content (AvgIpc) is 0.815. The summed E-state index contributed by atoms with van der Waals surface area (Å²) in [6.07, 6.45) is 0. The lowest BCUT2D eigenvalue weighted by Gasteiger charge is -2.46. The van der Waals surface area contributed by atoms with Crippen LogP contribution in [-0.4, -0.2) is 13.4 Å². The molecule has 0 saturated carbocycles. The van der Waals surface area contributed by atoms with E-state index in [1.54, 1.807) is 0 Å². The molecule has 16 aromatic rings. The fourth-order valence-corrected chi connectivity index (χ4v) is 18.2. The minimum absolute atomic E-state index is 0.169. The van der Waals surface area contributed by atoms with Gasteiger partial charge in [-0.05, 0) is 148 Å². The molecule has 2 aromatic heterocycles. The molecule has 10 heteroatoms. The summed E-state index contributed by atoms with van der Waals surface area (Å²) in [4.78, 5) is 12.4. The molecular formula is C84H53B2N5OS2. The van der Waals surface area contributed by atoms with Crippen molar-refractivity contribution in [3.63, 3.8) is 0 Å². The second-order valence-corrected chi connectivity index (χ2v) is 26.8. The highest BCUT2D eigenvalue weighted by Crippen LogP contribution is 2.53. The summed E-state index contributed by atoms with van der Waals surface area (Å²) in [5.41, 5.74) is 23.5. The standard InChI is InChI=1S/C84H53B2N5OS2/c1-6-26-54(27-7-1)87(55-28-8-2-9-29-55)59-48-74-81-75(49-59)90(58-34-14-5-15-35-58)73-53-77-68(52-67(73)85(81)65-40-18-20-42-69(65)89(74)57-32-12-4-13-33-57)86-66-41-19-21-43-70(66)91(72-45-25-39-64-62-37-17-23-47-80(62)94-84(64)72)76-50-60(51-78(92-77)82(76)86)88(56-30-10-3-11-31-56)71-44-24-38-63-61-36-16-22-46-79(61)93-83(63)71/h1-53H. The molecule has 4 aliphatic heterocycles. The highest BCUT2D eigenvalue weighted by Gasteiger charge is 2.48. The maximum absolute atomic E-state index is 7.93. The van der Waals surface area contributed by atoms with Crippen LogP contribution < -0.4 is 62.0 Å². The molecule has 0 spiro atoms. The van der Waals surface area contributed by atoms with E-state index in [2.05, 4.69) is 346 Å². The zero-order chi connectivity index (χ0) is 61.5. The summed E-state index contributed by atoms with van der Waals surface area (Å²) in [5, 5.41) is 5.02. The number of benzene rings is 14. The van der Waals surface area contributed by atoms with Gasteiger partial charge in [-0.1, -0.05) is 194 Å². The summed E-state index contributed by atoms with van der Waals surface area (Å²) in [6.45, 7) is -0.380. The van der Waals surface area contributed by atoms with Gasteiger partial charge in [0.1, 0.15) is 11.5 Å². The van der Waals surface area contributed by atoms with Gasteiger partial charge in [-0.3, -0.25) is 0 Å². The molecule has 0 aliphatic carbocycles. The van der Waals surface area contributed by atoms with Crippen molar-refractivity contribution in [1.29, 1.82) is 0 Å². The van der Waals surface area contributed by atoms with Crippen LogP contribution in [-0.2, 0) is 0 Å². The van der Waals surface area contributed by atoms with Crippen LogP contribution in [0, 0.1) is 0 Å². The Balaban J connectivity index is 0.870. The van der Waals surface area contributed by atoms with Crippen molar-refractivity contribution in [2.45, 2.75) is 0 Å². The van der Waals surface area contributed by atoms with Crippen molar-refractivity contribution < 1.29 is 4.74 Å². The minimum Gasteiger partial charge on any atom is -0.458 e. The van der Waals surface area contributed by atoms with Crippen LogP contribution in [0.1, 0.15) is 0 Å². The number of para-hydroxylation sites is 7. The quantitative estimate of drug-likeness (QED) is 0.134. The predicted octanol–water partition coefficient (Wildman–Crippen LogP) is 19.8. The van der Waals surface area contributed by atoms with Crippen LogP contribution >= 0.6 is 22.7 Å². The van der Waals surface area contributed by atoms with E-state index in [1.165, 1.54) is 62.2 Å². The summed E-state index contributed by atoms with van der Waals surface area (Å²) in [7, 11) is 0. The van der Waals surface area contributed by atoms with E-state index in [0.29, 0.717) is 0 Å². The van der Waals surface area contributed by atoms with Crippen molar-refractivity contribution in [2.75, 3.05) is 24.5 Å². The van der Waals surface area contributed by atoms with E-state index in [1.807, 2.05) is 22.7 Å². The van der Waals surface area contributed by atoms with Crippen molar-refractivity contribution in [2.24, 2.45) is 0 Å². The molecular weight excluding hydrogens is 1180 g/mol. The van der Waals surface area contributed by atoms with Gasteiger partial charge >= 0.3 is 0 Å². The highest BCUT2D eigenvalue weighted by molar-refractivity contribution is 7.27. The fraction of sp³-hybridized carbons (Fsp3) is 0. The van der Waals surface area contributed by atoms with Crippen molar-refractivity contribution in [3.05, 3.63) is 322 Å². The minimum atomic E-state index is -0.211. The number of fused-ring (bicyclic) bond motifs is 14. The van der Waals surface area contributed by atoms with Crippen molar-refractivity contribution >= 4 is 195 Å². The van der Waals surface area contributed by atoms with E-state index in [0.717, 1.165) is 108 Å². The number of thiophene rings is 2. The summed E-state index contributed by atoms with van der Waals surface area (Å²) < 4.78 is 12.9. The molecule has 14 aromatic carbocycles. The molecule has 0 atom stereocenters. The molecule has 0 radical (unpaired) electrons. The molecule has 0 fully saturated rings. The van der Waals surface area contributed by atoms with Gasteiger partial charge in [-0.2, -0.15) is 0 Å². The van der Waals surface area contributed by atoms with Crippen LogP contribution in [0.3, 0.4) is 0 Å². The molecule has 0 amide bonds. The second kappa shape index (κ2) is 21.0. The van der Waals surface area contributed by atoms with Crippen LogP contribution in [0.2, 0.25) is 0 Å². The first-order chi connectivity index (χ1) is 46.7. The molecule has 6 nitrogen and oxygen atoms in total. The lowest BCUT2D eigenvalue weighted by atomic mass is 9.30. The van der Waals surface area contributed by atoms with Crippen LogP contribution in [0.15, 0.2) is 322 Å². The summed E-state index contributed by atoms with van der Waals surface area (Å²) in [6, 6.07) is 119. The van der Waals surface area contributed by atoms with Crippen LogP contribution in [0.4, 0.5) is 85.3 Å². The number of rotatable bonds is 9. The maximum Gasteiger partial charge on any atom is 0.256 e. The molecule has 20 rings (SSSR count). The lowest BCUT2D eigenvalue weighted by Crippen LogP contribution is -2.64. The number of nitrogens with zero attached hydrogens (tertiary/aromatic N) is 5. The monoisotopic (exact) mass is 1230 g/mol. The molecule has 0 bridgehead atoms. The third-order valence-electron chi connectivity index (χ3n) is 19.6. The Kier molecular flexibility index (Phi) is 11.9. The molecule has 0 N–H and O–H groups in total. The van der Waals surface area contributed by atoms with Crippen LogP contribution in [0.5, 0.6) is 11.5 Å². The van der Waals surface area contributed by atoms with Gasteiger partial charge in [-0.15, -0.1) is 22.7 Å². The van der Waals surface area contributed by atoms with Crippen LogP contribution in [0.25, 0.3) is 40.3 Å². The molecule has 4 aliphatic rings. The average molecular weight is 1230 g/mol. The number of ether oxygens (including phenoxy) is 1. The third-order valence-corrected chi connectivity index (χ3v) is 22.0. The molecule has 0 saturated heterocycles. The zero-order valence-corrected chi connectivity index (χ0v) is 52.3. The summed E-state index contributed by atoms with van der Waals surface area (Å²) >= 11 is 3.72. The first kappa shape index (κ1) is 53.1. The fourth-order valence-electron chi connectivity index (χ4n) is 15.8. The molecule has 94 heavy (non-hydrogen) atoms. The van der Waals surface area contributed by atoms with E-state index in [9.17, 15) is 0 Å². The molecule has 6 heterocycles. The SMILES string of the molecule is c1ccc(N(c2ccccc2)c2cc3c4c(c2)N(c2ccccc2)c2cc5c(cc2B4c2ccccc2N3c2ccccc2)B2c3ccccc3N(c3cccc4c3sc3ccccc34)c3cc(N(c4ccccc4)c4cccc6c4sc4ccccc46)cc(c32)O5)cc1. The van der Waals surface area contributed by atoms with Crippen molar-refractivity contribution in [3.8, 4) is 11.5 Å². The van der Waals surface area contributed by atoms with E-state index in [-0.39, 0.29) is 13.4 Å². The topological polar surface area (TPSA) is 25.4 Å². The number of hydrogen-bond acceptors (Lipinski definition) is 8. The van der Waals surface area contributed by atoms with E-state index >= 15 is 0 Å². The summed E-state index contributed by atoms with van der Waals surface area (Å²) in [5.74, 6) is 1.66. The van der Waals surface area contributed by atoms with E-state index in [4.69, 9.17) is 4.74 Å². The smallest absolute Gasteiger partial charge is 0.256 e. The Labute approximate surface area is 553 Å². The van der Waals surface area contributed by atoms with Gasteiger partial charge in [0.15, 0.2) is 0 Å². The van der Waals surface area contributed by atoms with Gasteiger partial charge in [0.05, 0.1) is 32.1 Å². The first-order valence-corrected chi connectivity index (χ1v) is 33.8. The Morgan fingerprint density at radius 1 is 0.266 bits per heavy atom. The van der Waals surface area contributed by atoms with Gasteiger partial charge in [-0.25, -0.2) is 0 Å². The Morgan fingerprint density at radius 2 is 0.702 bits per heavy atom. The maximum atomic E-state index is 7.93. The van der Waals surface area contributed by atoms with Gasteiger partial charge < -0.3 is 29.2 Å². The lowest BCUT2D eigenvalue weighted by molar-refractivity contribution is 0.488. The third kappa shape index (κ3) is 7.97. The first-order valence-electron chi connectivity index (χ1n) is 32.1. The molecule has 0 unspecified atom stereocenters. The zero-order valence-electron chi connectivity index (χ0n) is 50.7. The van der Waals surface area contributed by atoms with Crippen molar-refractivity contribution in [1.82, 2.24) is 0 Å². The van der Waals surface area contributed by atoms with Gasteiger partial charge in [0, 0.05) is 106 Å². The predicted molar refractivity (Wildman–Crippen MR) is 401 cm³/mol. The Bertz CT molecular complexity index is 5690. The van der Waals surface area contributed by atoms with Gasteiger partial charge in [0.2, 0.25) is 0 Å².